The van der Waals surface area contributed by atoms with Crippen molar-refractivity contribution in [1.82, 2.24) is 9.97 Å². The molecule has 0 aliphatic carbocycles. The van der Waals surface area contributed by atoms with Crippen molar-refractivity contribution in [2.75, 3.05) is 0 Å². The Morgan fingerprint density at radius 1 is 0.464 bits per heavy atom. The summed E-state index contributed by atoms with van der Waals surface area (Å²) in [5.41, 5.74) is 5.13. The van der Waals surface area contributed by atoms with E-state index in [4.69, 9.17) is 16.8 Å². The molecule has 260 valence electrons. The smallest absolute Gasteiger partial charge is 0.180 e. The van der Waals surface area contributed by atoms with E-state index in [-0.39, 0.29) is 78.4 Å². The van der Waals surface area contributed by atoms with E-state index in [2.05, 4.69) is 94.9 Å². The van der Waals surface area contributed by atoms with Crippen molar-refractivity contribution in [1.29, 1.82) is 0 Å². The number of rotatable bonds is 4. The van der Waals surface area contributed by atoms with Crippen LogP contribution in [-0.4, -0.2) is 9.97 Å². The number of hydrogen-bond donors (Lipinski definition) is 0. The van der Waals surface area contributed by atoms with Crippen molar-refractivity contribution >= 4 is 85.9 Å². The third kappa shape index (κ3) is 4.76. The minimum atomic E-state index is -0.525. The number of fused-ring (bicyclic) bond motifs is 12. The van der Waals surface area contributed by atoms with Crippen molar-refractivity contribution < 1.29 is 18.1 Å². The summed E-state index contributed by atoms with van der Waals surface area (Å²) < 4.78 is 94.9. The lowest BCUT2D eigenvalue weighted by Crippen LogP contribution is -1.88. The summed E-state index contributed by atoms with van der Waals surface area (Å²) in [4.78, 5) is 9.14. The maximum Gasteiger partial charge on any atom is 0.180 e. The second-order valence-corrected chi connectivity index (χ2v) is 14.7. The van der Waals surface area contributed by atoms with Crippen molar-refractivity contribution in [2.24, 2.45) is 0 Å². The van der Waals surface area contributed by atoms with E-state index in [0.29, 0.717) is 16.5 Å². The molecule has 12 rings (SSSR count). The van der Waals surface area contributed by atoms with E-state index in [0.717, 1.165) is 33.6 Å². The fourth-order valence-corrected chi connectivity index (χ4v) is 9.12. The predicted molar refractivity (Wildman–Crippen MR) is 236 cm³/mol. The average molecular weight is 741 g/mol. The standard InChI is InChI=1S/C52H30N2OS/c1-2-16-40-38(14-1)39-15-3-4-17-41(39)45-28-33(22-24-42(40)45)31-10-7-11-32(26-31)34-23-25-47-46(29-34)50-51(55-47)49(53-30-54-50)36-13-8-12-35(27-36)37-19-9-20-44-43-18-5-6-21-48(43)56-52(37)44/h1-30H/i5D,6D,9D,12D,13D,18D,19D,20D,21D,27D. The van der Waals surface area contributed by atoms with E-state index >= 15 is 0 Å². The lowest BCUT2D eigenvalue weighted by molar-refractivity contribution is 0.667. The maximum atomic E-state index is 9.59. The first-order valence-electron chi connectivity index (χ1n) is 23.1. The summed E-state index contributed by atoms with van der Waals surface area (Å²) in [5.74, 6) is 0. The number of furan rings is 1. The molecule has 0 unspecified atom stereocenters. The lowest BCUT2D eigenvalue weighted by Gasteiger charge is -2.12. The second-order valence-electron chi connectivity index (χ2n) is 13.7. The molecule has 0 saturated carbocycles. The van der Waals surface area contributed by atoms with Gasteiger partial charge in [0.2, 0.25) is 0 Å². The molecule has 0 N–H and O–H groups in total. The number of benzene rings is 9. The molecule has 0 aliphatic heterocycles. The third-order valence-electron chi connectivity index (χ3n) is 10.6. The monoisotopic (exact) mass is 740 g/mol. The molecule has 9 aromatic carbocycles. The first kappa shape index (κ1) is 22.9. The highest BCUT2D eigenvalue weighted by Gasteiger charge is 2.18. The van der Waals surface area contributed by atoms with Gasteiger partial charge in [-0.15, -0.1) is 11.3 Å². The van der Waals surface area contributed by atoms with Crippen LogP contribution in [0.1, 0.15) is 13.7 Å². The van der Waals surface area contributed by atoms with E-state index in [1.54, 1.807) is 0 Å². The highest BCUT2D eigenvalue weighted by atomic mass is 32.1. The fourth-order valence-electron chi connectivity index (χ4n) is 8.04. The van der Waals surface area contributed by atoms with Crippen LogP contribution in [0.25, 0.3) is 119 Å². The molecular formula is C52H30N2OS. The molecule has 12 aromatic rings. The molecule has 0 aliphatic rings. The molecule has 4 heteroatoms. The van der Waals surface area contributed by atoms with Crippen molar-refractivity contribution in [3.63, 3.8) is 0 Å². The fraction of sp³-hybridized carbons (Fsp3) is 0. The molecule has 0 atom stereocenters. The summed E-state index contributed by atoms with van der Waals surface area (Å²) in [5, 5.41) is 7.99. The normalized spacial score (nSPS) is 14.4. The van der Waals surface area contributed by atoms with Crippen LogP contribution in [0.5, 0.6) is 0 Å². The molecule has 0 amide bonds. The highest BCUT2D eigenvalue weighted by molar-refractivity contribution is 7.26. The number of hydrogen-bond acceptors (Lipinski definition) is 4. The van der Waals surface area contributed by atoms with Crippen LogP contribution >= 0.6 is 11.3 Å². The SMILES string of the molecule is [2H]c1cc([2H])c(-c2c([2H])c([2H])c([2H])c3c2sc2c([2H])c([2H])c([2H])c([2H])c23)c([2H])c1-c1ncnc2c1oc1ccc(-c3cccc(-c4ccc5c6ccccc6c6ccccc6c5c4)c3)cc12. The second kappa shape index (κ2) is 12.2. The van der Waals surface area contributed by atoms with Gasteiger partial charge in [-0.25, -0.2) is 9.97 Å². The molecular weight excluding hydrogens is 701 g/mol. The van der Waals surface area contributed by atoms with Gasteiger partial charge in [-0.3, -0.25) is 0 Å². The van der Waals surface area contributed by atoms with Gasteiger partial charge in [0, 0.05) is 31.1 Å². The molecule has 3 nitrogen and oxygen atoms in total. The van der Waals surface area contributed by atoms with Crippen molar-refractivity contribution in [3.8, 4) is 44.6 Å². The van der Waals surface area contributed by atoms with Crippen LogP contribution in [0, 0.1) is 0 Å². The molecule has 3 heterocycles. The number of nitrogens with zero attached hydrogens (tertiary/aromatic N) is 2. The van der Waals surface area contributed by atoms with Gasteiger partial charge in [0.15, 0.2) is 5.58 Å². The quantitative estimate of drug-likeness (QED) is 0.169. The zero-order valence-corrected chi connectivity index (χ0v) is 30.1. The predicted octanol–water partition coefficient (Wildman–Crippen LogP) is 14.9. The summed E-state index contributed by atoms with van der Waals surface area (Å²) in [6.07, 6.45) is 1.33. The average Bonchev–Trinajstić information content (AvgIpc) is 3.93. The first-order valence-corrected chi connectivity index (χ1v) is 18.9. The Balaban J connectivity index is 0.993. The summed E-state index contributed by atoms with van der Waals surface area (Å²) in [7, 11) is 0. The van der Waals surface area contributed by atoms with E-state index in [1.165, 1.54) is 44.7 Å². The van der Waals surface area contributed by atoms with E-state index in [9.17, 15) is 1.37 Å². The van der Waals surface area contributed by atoms with Crippen LogP contribution in [0.2, 0.25) is 0 Å². The topological polar surface area (TPSA) is 38.9 Å². The van der Waals surface area contributed by atoms with Crippen LogP contribution in [0.15, 0.2) is 186 Å². The first-order chi connectivity index (χ1) is 31.9. The highest BCUT2D eigenvalue weighted by Crippen LogP contribution is 2.42. The van der Waals surface area contributed by atoms with Crippen LogP contribution in [-0.2, 0) is 0 Å². The molecule has 0 spiro atoms. The Hall–Kier alpha value is -7.14. The van der Waals surface area contributed by atoms with Gasteiger partial charge in [0.05, 0.1) is 13.7 Å². The van der Waals surface area contributed by atoms with Gasteiger partial charge in [0.25, 0.3) is 0 Å². The van der Waals surface area contributed by atoms with E-state index in [1.807, 2.05) is 24.3 Å². The van der Waals surface area contributed by atoms with Crippen molar-refractivity contribution in [3.05, 3.63) is 182 Å². The molecule has 0 bridgehead atoms. The summed E-state index contributed by atoms with van der Waals surface area (Å²) >= 11 is 0.920. The maximum absolute atomic E-state index is 9.59. The Bertz CT molecular complexity index is 4110. The molecule has 0 saturated heterocycles. The Labute approximate surface area is 339 Å². The molecule has 56 heavy (non-hydrogen) atoms. The van der Waals surface area contributed by atoms with Gasteiger partial charge in [-0.1, -0.05) is 139 Å². The van der Waals surface area contributed by atoms with Gasteiger partial charge in [-0.2, -0.15) is 0 Å². The third-order valence-corrected chi connectivity index (χ3v) is 11.8. The Morgan fingerprint density at radius 3 is 1.93 bits per heavy atom. The van der Waals surface area contributed by atoms with Crippen LogP contribution in [0.4, 0.5) is 0 Å². The van der Waals surface area contributed by atoms with Gasteiger partial charge in [0.1, 0.15) is 23.1 Å². The van der Waals surface area contributed by atoms with Gasteiger partial charge in [-0.05, 0) is 102 Å². The minimum Gasteiger partial charge on any atom is -0.452 e. The Morgan fingerprint density at radius 2 is 1.12 bits per heavy atom. The zero-order valence-electron chi connectivity index (χ0n) is 39.3. The lowest BCUT2D eigenvalue weighted by atomic mass is 9.91. The molecule has 3 aromatic heterocycles. The van der Waals surface area contributed by atoms with Crippen molar-refractivity contribution in [2.45, 2.75) is 0 Å². The number of aromatic nitrogens is 2. The largest absolute Gasteiger partial charge is 0.452 e. The zero-order chi connectivity index (χ0) is 45.4. The van der Waals surface area contributed by atoms with Gasteiger partial charge >= 0.3 is 0 Å². The summed E-state index contributed by atoms with van der Waals surface area (Å²) in [6.45, 7) is 0. The minimum absolute atomic E-state index is 0.00377. The molecule has 0 radical (unpaired) electrons. The van der Waals surface area contributed by atoms with Crippen LogP contribution in [0.3, 0.4) is 0 Å². The summed E-state index contributed by atoms with van der Waals surface area (Å²) in [6, 6.07) is 35.2. The molecule has 0 fully saturated rings. The Kier molecular flexibility index (Phi) is 4.99. The van der Waals surface area contributed by atoms with E-state index < -0.39 is 30.2 Å². The van der Waals surface area contributed by atoms with Gasteiger partial charge < -0.3 is 4.42 Å². The number of thiophene rings is 1. The van der Waals surface area contributed by atoms with Crippen LogP contribution < -0.4 is 0 Å².